The minimum atomic E-state index is 0.374. The van der Waals surface area contributed by atoms with E-state index in [1.54, 1.807) is 7.11 Å². The van der Waals surface area contributed by atoms with Crippen LogP contribution < -0.4 is 5.32 Å². The summed E-state index contributed by atoms with van der Waals surface area (Å²) < 4.78 is 5.36. The Morgan fingerprint density at radius 2 is 2.11 bits per heavy atom. The topological polar surface area (TPSA) is 24.5 Å². The highest BCUT2D eigenvalue weighted by molar-refractivity contribution is 6.30. The number of likely N-dealkylation sites (N-methyl/N-ethyl adjacent to an activating group) is 1. The molecule has 2 rings (SSSR count). The van der Waals surface area contributed by atoms with E-state index < -0.39 is 0 Å². The minimum Gasteiger partial charge on any atom is -0.380 e. The van der Waals surface area contributed by atoms with Gasteiger partial charge in [0.15, 0.2) is 0 Å². The molecule has 0 radical (unpaired) electrons. The summed E-state index contributed by atoms with van der Waals surface area (Å²) >= 11 is 5.88. The number of rotatable bonds is 5. The van der Waals surface area contributed by atoms with Gasteiger partial charge in [0.25, 0.3) is 0 Å². The van der Waals surface area contributed by atoms with Crippen LogP contribution in [0.15, 0.2) is 24.3 Å². The summed E-state index contributed by atoms with van der Waals surface area (Å²) in [6.07, 6.45) is 1.47. The molecule has 0 spiro atoms. The van der Waals surface area contributed by atoms with E-state index in [2.05, 4.69) is 29.4 Å². The summed E-state index contributed by atoms with van der Waals surface area (Å²) in [5.41, 5.74) is 1.29. The van der Waals surface area contributed by atoms with E-state index in [0.717, 1.165) is 31.1 Å². The molecular formula is C14H21ClN2O. The van der Waals surface area contributed by atoms with Crippen molar-refractivity contribution in [3.05, 3.63) is 34.9 Å². The van der Waals surface area contributed by atoms with Gasteiger partial charge in [0.05, 0.1) is 6.10 Å². The molecule has 100 valence electrons. The largest absolute Gasteiger partial charge is 0.380 e. The zero-order valence-corrected chi connectivity index (χ0v) is 11.8. The standard InChI is InChI=1S/C14H21ClN2O/c1-17(9-11-3-5-12(15)6-4-11)10-13-7-14(18-2)8-16-13/h3-6,13-14,16H,7-10H2,1-2H3. The van der Waals surface area contributed by atoms with Crippen LogP contribution in [0.2, 0.25) is 5.02 Å². The molecule has 1 aliphatic heterocycles. The van der Waals surface area contributed by atoms with Crippen LogP contribution in [-0.2, 0) is 11.3 Å². The van der Waals surface area contributed by atoms with Crippen molar-refractivity contribution in [3.8, 4) is 0 Å². The third-order valence-electron chi connectivity index (χ3n) is 3.41. The smallest absolute Gasteiger partial charge is 0.0711 e. The molecule has 1 aromatic rings. The summed E-state index contributed by atoms with van der Waals surface area (Å²) in [6, 6.07) is 8.59. The highest BCUT2D eigenvalue weighted by Gasteiger charge is 2.24. The second kappa shape index (κ2) is 6.53. The maximum absolute atomic E-state index is 5.88. The fourth-order valence-corrected chi connectivity index (χ4v) is 2.57. The highest BCUT2D eigenvalue weighted by atomic mass is 35.5. The lowest BCUT2D eigenvalue weighted by Crippen LogP contribution is -2.34. The van der Waals surface area contributed by atoms with Gasteiger partial charge >= 0.3 is 0 Å². The van der Waals surface area contributed by atoms with E-state index in [9.17, 15) is 0 Å². The second-order valence-corrected chi connectivity index (χ2v) is 5.46. The Labute approximate surface area is 114 Å². The Kier molecular flexibility index (Phi) is 5.01. The summed E-state index contributed by atoms with van der Waals surface area (Å²) in [7, 11) is 3.93. The van der Waals surface area contributed by atoms with Gasteiger partial charge in [-0.15, -0.1) is 0 Å². The Hall–Kier alpha value is -0.610. The molecule has 18 heavy (non-hydrogen) atoms. The summed E-state index contributed by atoms with van der Waals surface area (Å²) in [6.45, 7) is 2.96. The van der Waals surface area contributed by atoms with Crippen molar-refractivity contribution < 1.29 is 4.74 Å². The molecule has 0 aromatic heterocycles. The molecular weight excluding hydrogens is 248 g/mol. The second-order valence-electron chi connectivity index (χ2n) is 5.02. The average molecular weight is 269 g/mol. The van der Waals surface area contributed by atoms with Gasteiger partial charge < -0.3 is 15.0 Å². The molecule has 3 nitrogen and oxygen atoms in total. The zero-order chi connectivity index (χ0) is 13.0. The van der Waals surface area contributed by atoms with Crippen molar-refractivity contribution in [1.29, 1.82) is 0 Å². The Morgan fingerprint density at radius 1 is 1.39 bits per heavy atom. The van der Waals surface area contributed by atoms with Gasteiger partial charge in [0.2, 0.25) is 0 Å². The number of nitrogens with zero attached hydrogens (tertiary/aromatic N) is 1. The zero-order valence-electron chi connectivity index (χ0n) is 11.0. The molecule has 0 bridgehead atoms. The SMILES string of the molecule is COC1CNC(CN(C)Cc2ccc(Cl)cc2)C1. The number of nitrogens with one attached hydrogen (secondary N) is 1. The molecule has 0 amide bonds. The molecule has 0 saturated carbocycles. The van der Waals surface area contributed by atoms with Gasteiger partial charge in [-0.2, -0.15) is 0 Å². The van der Waals surface area contributed by atoms with E-state index >= 15 is 0 Å². The normalized spacial score (nSPS) is 23.8. The molecule has 1 aliphatic rings. The maximum Gasteiger partial charge on any atom is 0.0711 e. The monoisotopic (exact) mass is 268 g/mol. The van der Waals surface area contributed by atoms with Crippen molar-refractivity contribution in [1.82, 2.24) is 10.2 Å². The van der Waals surface area contributed by atoms with Crippen molar-refractivity contribution in [3.63, 3.8) is 0 Å². The number of hydrogen-bond donors (Lipinski definition) is 1. The molecule has 1 fully saturated rings. The van der Waals surface area contributed by atoms with Crippen molar-refractivity contribution in [2.24, 2.45) is 0 Å². The van der Waals surface area contributed by atoms with Crippen LogP contribution in [0.1, 0.15) is 12.0 Å². The molecule has 1 saturated heterocycles. The van der Waals surface area contributed by atoms with Crippen LogP contribution in [-0.4, -0.2) is 44.3 Å². The lowest BCUT2D eigenvalue weighted by molar-refractivity contribution is 0.116. The predicted molar refractivity (Wildman–Crippen MR) is 75.0 cm³/mol. The third kappa shape index (κ3) is 3.95. The number of halogens is 1. The van der Waals surface area contributed by atoms with Gasteiger partial charge in [-0.25, -0.2) is 0 Å². The van der Waals surface area contributed by atoms with Crippen LogP contribution in [0.3, 0.4) is 0 Å². The number of benzene rings is 1. The van der Waals surface area contributed by atoms with E-state index in [-0.39, 0.29) is 0 Å². The van der Waals surface area contributed by atoms with Crippen LogP contribution in [0.5, 0.6) is 0 Å². The number of methoxy groups -OCH3 is 1. The lowest BCUT2D eigenvalue weighted by Gasteiger charge is -2.21. The molecule has 0 aliphatic carbocycles. The van der Waals surface area contributed by atoms with Crippen LogP contribution in [0, 0.1) is 0 Å². The molecule has 2 atom stereocenters. The van der Waals surface area contributed by atoms with Gasteiger partial charge in [0.1, 0.15) is 0 Å². The van der Waals surface area contributed by atoms with Crippen LogP contribution >= 0.6 is 11.6 Å². The first-order chi connectivity index (χ1) is 8.67. The first-order valence-electron chi connectivity index (χ1n) is 6.36. The highest BCUT2D eigenvalue weighted by Crippen LogP contribution is 2.13. The Morgan fingerprint density at radius 3 is 2.72 bits per heavy atom. The number of hydrogen-bond acceptors (Lipinski definition) is 3. The van der Waals surface area contributed by atoms with E-state index in [1.807, 2.05) is 12.1 Å². The molecule has 1 aromatic carbocycles. The Bertz CT molecular complexity index is 369. The summed E-state index contributed by atoms with van der Waals surface area (Å²) in [5.74, 6) is 0. The first-order valence-corrected chi connectivity index (χ1v) is 6.74. The molecule has 1 heterocycles. The van der Waals surface area contributed by atoms with E-state index in [1.165, 1.54) is 5.56 Å². The molecule has 4 heteroatoms. The van der Waals surface area contributed by atoms with Crippen molar-refractivity contribution in [2.45, 2.75) is 25.1 Å². The predicted octanol–water partition coefficient (Wildman–Crippen LogP) is 2.15. The number of ether oxygens (including phenoxy) is 1. The Balaban J connectivity index is 1.78. The van der Waals surface area contributed by atoms with Gasteiger partial charge in [-0.1, -0.05) is 23.7 Å². The third-order valence-corrected chi connectivity index (χ3v) is 3.66. The van der Waals surface area contributed by atoms with Gasteiger partial charge in [0, 0.05) is 37.8 Å². The first kappa shape index (κ1) is 13.8. The van der Waals surface area contributed by atoms with Crippen LogP contribution in [0.25, 0.3) is 0 Å². The quantitative estimate of drug-likeness (QED) is 0.886. The maximum atomic E-state index is 5.88. The van der Waals surface area contributed by atoms with E-state index in [0.29, 0.717) is 12.1 Å². The fourth-order valence-electron chi connectivity index (χ4n) is 2.44. The molecule has 1 N–H and O–H groups in total. The summed E-state index contributed by atoms with van der Waals surface area (Å²) in [5, 5.41) is 4.29. The van der Waals surface area contributed by atoms with Crippen LogP contribution in [0.4, 0.5) is 0 Å². The van der Waals surface area contributed by atoms with Crippen molar-refractivity contribution in [2.75, 3.05) is 27.2 Å². The van der Waals surface area contributed by atoms with Gasteiger partial charge in [-0.05, 0) is 31.2 Å². The summed E-state index contributed by atoms with van der Waals surface area (Å²) in [4.78, 5) is 2.33. The fraction of sp³-hybridized carbons (Fsp3) is 0.571. The lowest BCUT2D eigenvalue weighted by atomic mass is 10.1. The van der Waals surface area contributed by atoms with E-state index in [4.69, 9.17) is 16.3 Å². The molecule has 2 unspecified atom stereocenters. The minimum absolute atomic E-state index is 0.374. The average Bonchev–Trinajstić information content (AvgIpc) is 2.79. The van der Waals surface area contributed by atoms with Crippen molar-refractivity contribution >= 4 is 11.6 Å². The van der Waals surface area contributed by atoms with Gasteiger partial charge in [-0.3, -0.25) is 0 Å².